The lowest BCUT2D eigenvalue weighted by atomic mass is 10.2. The zero-order valence-electron chi connectivity index (χ0n) is 15.0. The molecule has 1 heterocycles. The zero-order valence-corrected chi connectivity index (χ0v) is 16.5. The number of hydrogen-bond acceptors (Lipinski definition) is 4. The SMILES string of the molecule is CCOc1ccc(S(=O)(=O)N2CCN(C(=O)c3ccc(Cl)cc3)CC2)cc1. The summed E-state index contributed by atoms with van der Waals surface area (Å²) in [4.78, 5) is 14.4. The topological polar surface area (TPSA) is 66.9 Å². The maximum Gasteiger partial charge on any atom is 0.253 e. The average molecular weight is 409 g/mol. The minimum Gasteiger partial charge on any atom is -0.494 e. The van der Waals surface area contributed by atoms with E-state index in [2.05, 4.69) is 0 Å². The molecule has 2 aromatic carbocycles. The Morgan fingerprint density at radius 1 is 1.00 bits per heavy atom. The van der Waals surface area contributed by atoms with Crippen molar-refractivity contribution in [3.8, 4) is 5.75 Å². The van der Waals surface area contributed by atoms with Gasteiger partial charge in [0, 0.05) is 36.8 Å². The van der Waals surface area contributed by atoms with Gasteiger partial charge in [0.25, 0.3) is 5.91 Å². The van der Waals surface area contributed by atoms with Crippen LogP contribution in [0.1, 0.15) is 17.3 Å². The Labute approximate surface area is 164 Å². The van der Waals surface area contributed by atoms with Crippen molar-refractivity contribution >= 4 is 27.5 Å². The summed E-state index contributed by atoms with van der Waals surface area (Å²) in [6, 6.07) is 13.1. The highest BCUT2D eigenvalue weighted by molar-refractivity contribution is 7.89. The van der Waals surface area contributed by atoms with E-state index in [1.54, 1.807) is 53.4 Å². The highest BCUT2D eigenvalue weighted by Crippen LogP contribution is 2.21. The lowest BCUT2D eigenvalue weighted by Crippen LogP contribution is -2.50. The van der Waals surface area contributed by atoms with Crippen molar-refractivity contribution in [2.75, 3.05) is 32.8 Å². The first-order valence-electron chi connectivity index (χ1n) is 8.69. The molecule has 1 amide bonds. The number of sulfonamides is 1. The Morgan fingerprint density at radius 3 is 2.15 bits per heavy atom. The molecule has 0 radical (unpaired) electrons. The number of halogens is 1. The van der Waals surface area contributed by atoms with Gasteiger partial charge < -0.3 is 9.64 Å². The Balaban J connectivity index is 1.65. The minimum absolute atomic E-state index is 0.121. The van der Waals surface area contributed by atoms with Crippen LogP contribution in [0.5, 0.6) is 5.75 Å². The Bertz CT molecular complexity index is 890. The van der Waals surface area contributed by atoms with Crippen LogP contribution in [0.2, 0.25) is 5.02 Å². The maximum atomic E-state index is 12.8. The van der Waals surface area contributed by atoms with E-state index in [1.165, 1.54) is 4.31 Å². The number of benzene rings is 2. The van der Waals surface area contributed by atoms with Gasteiger partial charge in [-0.1, -0.05) is 11.6 Å². The molecule has 0 N–H and O–H groups in total. The molecule has 8 heteroatoms. The van der Waals surface area contributed by atoms with Crippen molar-refractivity contribution in [1.29, 1.82) is 0 Å². The summed E-state index contributed by atoms with van der Waals surface area (Å²) in [6.07, 6.45) is 0. The average Bonchev–Trinajstić information content (AvgIpc) is 2.69. The van der Waals surface area contributed by atoms with Crippen molar-refractivity contribution in [2.45, 2.75) is 11.8 Å². The minimum atomic E-state index is -3.59. The normalized spacial score (nSPS) is 15.6. The molecule has 3 rings (SSSR count). The maximum absolute atomic E-state index is 12.8. The summed E-state index contributed by atoms with van der Waals surface area (Å²) >= 11 is 5.85. The van der Waals surface area contributed by atoms with Gasteiger partial charge in [-0.25, -0.2) is 8.42 Å². The fourth-order valence-corrected chi connectivity index (χ4v) is 4.48. The van der Waals surface area contributed by atoms with Gasteiger partial charge >= 0.3 is 0 Å². The van der Waals surface area contributed by atoms with Crippen LogP contribution in [0.4, 0.5) is 0 Å². The van der Waals surface area contributed by atoms with Crippen LogP contribution in [-0.2, 0) is 10.0 Å². The molecule has 0 bridgehead atoms. The molecule has 144 valence electrons. The molecular weight excluding hydrogens is 388 g/mol. The summed E-state index contributed by atoms with van der Waals surface area (Å²) < 4.78 is 32.4. The fraction of sp³-hybridized carbons (Fsp3) is 0.316. The lowest BCUT2D eigenvalue weighted by molar-refractivity contribution is 0.0698. The Morgan fingerprint density at radius 2 is 1.59 bits per heavy atom. The smallest absolute Gasteiger partial charge is 0.253 e. The van der Waals surface area contributed by atoms with Gasteiger partial charge in [-0.3, -0.25) is 4.79 Å². The van der Waals surface area contributed by atoms with Gasteiger partial charge in [0.1, 0.15) is 5.75 Å². The zero-order chi connectivity index (χ0) is 19.4. The quantitative estimate of drug-likeness (QED) is 0.762. The van der Waals surface area contributed by atoms with Crippen LogP contribution in [0.25, 0.3) is 0 Å². The third-order valence-electron chi connectivity index (χ3n) is 4.39. The Kier molecular flexibility index (Phi) is 6.04. The standard InChI is InChI=1S/C19H21ClN2O4S/c1-2-26-17-7-9-18(10-8-17)27(24,25)22-13-11-21(12-14-22)19(23)15-3-5-16(20)6-4-15/h3-10H,2,11-14H2,1H3. The van der Waals surface area contributed by atoms with Crippen molar-refractivity contribution in [3.05, 3.63) is 59.1 Å². The third-order valence-corrected chi connectivity index (χ3v) is 6.55. The molecular formula is C19H21ClN2O4S. The van der Waals surface area contributed by atoms with Crippen LogP contribution < -0.4 is 4.74 Å². The molecule has 27 heavy (non-hydrogen) atoms. The molecule has 1 aliphatic heterocycles. The number of rotatable bonds is 5. The van der Waals surface area contributed by atoms with Gasteiger partial charge in [-0.05, 0) is 55.5 Å². The second-order valence-electron chi connectivity index (χ2n) is 6.11. The largest absolute Gasteiger partial charge is 0.494 e. The highest BCUT2D eigenvalue weighted by atomic mass is 35.5. The van der Waals surface area contributed by atoms with Crippen LogP contribution in [0.3, 0.4) is 0 Å². The van der Waals surface area contributed by atoms with Gasteiger partial charge in [-0.15, -0.1) is 0 Å². The fourth-order valence-electron chi connectivity index (χ4n) is 2.93. The predicted molar refractivity (Wildman–Crippen MR) is 104 cm³/mol. The monoisotopic (exact) mass is 408 g/mol. The van der Waals surface area contributed by atoms with E-state index in [9.17, 15) is 13.2 Å². The number of nitrogens with zero attached hydrogens (tertiary/aromatic N) is 2. The van der Waals surface area contributed by atoms with Gasteiger partial charge in [0.05, 0.1) is 11.5 Å². The predicted octanol–water partition coefficient (Wildman–Crippen LogP) is 2.89. The molecule has 0 spiro atoms. The first-order valence-corrected chi connectivity index (χ1v) is 10.5. The molecule has 6 nitrogen and oxygen atoms in total. The van der Waals surface area contributed by atoms with E-state index in [-0.39, 0.29) is 23.9 Å². The summed E-state index contributed by atoms with van der Waals surface area (Å²) in [5.41, 5.74) is 0.544. The molecule has 0 aromatic heterocycles. The molecule has 1 saturated heterocycles. The van der Waals surface area contributed by atoms with Crippen molar-refractivity contribution < 1.29 is 17.9 Å². The first kappa shape index (κ1) is 19.7. The number of piperazine rings is 1. The van der Waals surface area contributed by atoms with Crippen LogP contribution in [-0.4, -0.2) is 56.3 Å². The van der Waals surface area contributed by atoms with E-state index in [0.717, 1.165) is 0 Å². The van der Waals surface area contributed by atoms with Crippen molar-refractivity contribution in [2.24, 2.45) is 0 Å². The van der Waals surface area contributed by atoms with Gasteiger partial charge in [0.2, 0.25) is 10.0 Å². The summed E-state index contributed by atoms with van der Waals surface area (Å²) in [6.45, 7) is 3.60. The lowest BCUT2D eigenvalue weighted by Gasteiger charge is -2.34. The van der Waals surface area contributed by atoms with Crippen molar-refractivity contribution in [3.63, 3.8) is 0 Å². The molecule has 0 atom stereocenters. The third kappa shape index (κ3) is 4.43. The van der Waals surface area contributed by atoms with E-state index < -0.39 is 10.0 Å². The molecule has 0 saturated carbocycles. The van der Waals surface area contributed by atoms with Gasteiger partial charge in [0.15, 0.2) is 0 Å². The second-order valence-corrected chi connectivity index (χ2v) is 8.48. The number of amides is 1. The number of carbonyl (C=O) groups excluding carboxylic acids is 1. The molecule has 0 aliphatic carbocycles. The molecule has 1 aliphatic rings. The highest BCUT2D eigenvalue weighted by Gasteiger charge is 2.30. The first-order chi connectivity index (χ1) is 12.9. The summed E-state index contributed by atoms with van der Waals surface area (Å²) in [5.74, 6) is 0.514. The van der Waals surface area contributed by atoms with Crippen LogP contribution >= 0.6 is 11.6 Å². The number of carbonyl (C=O) groups is 1. The summed E-state index contributed by atoms with van der Waals surface area (Å²) in [7, 11) is -3.59. The van der Waals surface area contributed by atoms with Crippen LogP contribution in [0, 0.1) is 0 Å². The second kappa shape index (κ2) is 8.29. The molecule has 0 unspecified atom stereocenters. The van der Waals surface area contributed by atoms with Crippen molar-refractivity contribution in [1.82, 2.24) is 9.21 Å². The number of ether oxygens (including phenoxy) is 1. The van der Waals surface area contributed by atoms with E-state index in [1.807, 2.05) is 6.92 Å². The van der Waals surface area contributed by atoms with E-state index in [0.29, 0.717) is 36.0 Å². The molecule has 2 aromatic rings. The van der Waals surface area contributed by atoms with Gasteiger partial charge in [-0.2, -0.15) is 4.31 Å². The van der Waals surface area contributed by atoms with E-state index in [4.69, 9.17) is 16.3 Å². The number of hydrogen-bond donors (Lipinski definition) is 0. The summed E-state index contributed by atoms with van der Waals surface area (Å²) in [5, 5.41) is 0.567. The molecule has 1 fully saturated rings. The van der Waals surface area contributed by atoms with E-state index >= 15 is 0 Å². The Hall–Kier alpha value is -2.09. The van der Waals surface area contributed by atoms with Crippen LogP contribution in [0.15, 0.2) is 53.4 Å².